The zero-order valence-electron chi connectivity index (χ0n) is 17.5. The summed E-state index contributed by atoms with van der Waals surface area (Å²) in [6, 6.07) is 13.6. The van der Waals surface area contributed by atoms with Gasteiger partial charge >= 0.3 is 6.03 Å². The van der Waals surface area contributed by atoms with Crippen molar-refractivity contribution in [3.05, 3.63) is 64.7 Å². The van der Waals surface area contributed by atoms with Gasteiger partial charge < -0.3 is 10.1 Å². The molecule has 152 valence electrons. The molecule has 29 heavy (non-hydrogen) atoms. The molecule has 3 amide bonds. The second-order valence-electron chi connectivity index (χ2n) is 9.05. The second kappa shape index (κ2) is 6.90. The minimum absolute atomic E-state index is 0.0658. The molecule has 0 radical (unpaired) electrons. The molecule has 1 N–H and O–H groups in total. The number of nitrogens with zero attached hydrogens (tertiary/aromatic N) is 1. The first-order valence-electron chi connectivity index (χ1n) is 10.2. The highest BCUT2D eigenvalue weighted by molar-refractivity contribution is 6.07. The summed E-state index contributed by atoms with van der Waals surface area (Å²) < 4.78 is 5.33. The smallest absolute Gasteiger partial charge is 0.325 e. The molecule has 5 nitrogen and oxygen atoms in total. The Kier molecular flexibility index (Phi) is 4.64. The van der Waals surface area contributed by atoms with E-state index in [4.69, 9.17) is 4.74 Å². The number of amides is 3. The quantitative estimate of drug-likeness (QED) is 0.794. The fraction of sp³-hybridized carbons (Fsp3) is 0.417. The third kappa shape index (κ3) is 3.28. The number of carbonyl (C=O) groups is 2. The minimum atomic E-state index is -0.956. The van der Waals surface area contributed by atoms with E-state index < -0.39 is 5.54 Å². The van der Waals surface area contributed by atoms with Crippen LogP contribution >= 0.6 is 0 Å². The molecule has 0 bridgehead atoms. The van der Waals surface area contributed by atoms with Crippen LogP contribution in [-0.4, -0.2) is 23.9 Å². The molecule has 1 atom stereocenters. The van der Waals surface area contributed by atoms with E-state index in [0.717, 1.165) is 35.3 Å². The second-order valence-corrected chi connectivity index (χ2v) is 9.05. The van der Waals surface area contributed by atoms with Crippen molar-refractivity contribution in [1.29, 1.82) is 0 Å². The van der Waals surface area contributed by atoms with E-state index in [9.17, 15) is 9.59 Å². The van der Waals surface area contributed by atoms with E-state index >= 15 is 0 Å². The third-order valence-electron chi connectivity index (χ3n) is 6.11. The number of ether oxygens (including phenoxy) is 1. The van der Waals surface area contributed by atoms with Gasteiger partial charge in [-0.2, -0.15) is 0 Å². The number of hydrogen-bond donors (Lipinski definition) is 1. The molecule has 0 saturated carbocycles. The molecule has 1 aliphatic heterocycles. The standard InChI is InChI=1S/C24H28N2O3/c1-23(2,3)18-9-7-16(8-10-18)15-26-21(27)24(25-22(26)28)13-5-6-17-14-19(29-4)11-12-20(17)24/h7-12,14H,5-6,13,15H2,1-4H3,(H,25,28)/t24-/m0/s1. The van der Waals surface area contributed by atoms with Crippen molar-refractivity contribution < 1.29 is 14.3 Å². The van der Waals surface area contributed by atoms with E-state index in [0.29, 0.717) is 6.42 Å². The van der Waals surface area contributed by atoms with Crippen LogP contribution in [0.15, 0.2) is 42.5 Å². The lowest BCUT2D eigenvalue weighted by atomic mass is 9.76. The first-order chi connectivity index (χ1) is 13.7. The van der Waals surface area contributed by atoms with Gasteiger partial charge in [0.15, 0.2) is 0 Å². The summed E-state index contributed by atoms with van der Waals surface area (Å²) in [5.74, 6) is 0.613. The maximum atomic E-state index is 13.5. The predicted molar refractivity (Wildman–Crippen MR) is 112 cm³/mol. The Morgan fingerprint density at radius 1 is 1.10 bits per heavy atom. The fourth-order valence-electron chi connectivity index (χ4n) is 4.41. The summed E-state index contributed by atoms with van der Waals surface area (Å²) >= 11 is 0. The van der Waals surface area contributed by atoms with E-state index in [-0.39, 0.29) is 23.9 Å². The molecule has 4 rings (SSSR count). The number of benzene rings is 2. The van der Waals surface area contributed by atoms with E-state index in [1.165, 1.54) is 10.5 Å². The SMILES string of the molecule is COc1ccc2c(c1)CCC[C@]21NC(=O)N(Cc2ccc(C(C)(C)C)cc2)C1=O. The molecule has 1 spiro atoms. The summed E-state index contributed by atoms with van der Waals surface area (Å²) in [5, 5.41) is 3.02. The maximum Gasteiger partial charge on any atom is 0.325 e. The highest BCUT2D eigenvalue weighted by atomic mass is 16.5. The third-order valence-corrected chi connectivity index (χ3v) is 6.11. The predicted octanol–water partition coefficient (Wildman–Crippen LogP) is 4.28. The van der Waals surface area contributed by atoms with Gasteiger partial charge in [0, 0.05) is 0 Å². The van der Waals surface area contributed by atoms with Crippen molar-refractivity contribution in [2.45, 2.75) is 57.5 Å². The van der Waals surface area contributed by atoms with Gasteiger partial charge in [-0.05, 0) is 59.1 Å². The van der Waals surface area contributed by atoms with Crippen LogP contribution in [0.5, 0.6) is 5.75 Å². The van der Waals surface area contributed by atoms with Crippen molar-refractivity contribution in [1.82, 2.24) is 10.2 Å². The number of hydrogen-bond acceptors (Lipinski definition) is 3. The summed E-state index contributed by atoms with van der Waals surface area (Å²) in [4.78, 5) is 27.6. The number of methoxy groups -OCH3 is 1. The average molecular weight is 392 g/mol. The number of rotatable bonds is 3. The average Bonchev–Trinajstić information content (AvgIpc) is 2.92. The van der Waals surface area contributed by atoms with Crippen molar-refractivity contribution in [3.8, 4) is 5.75 Å². The van der Waals surface area contributed by atoms with E-state index in [1.807, 2.05) is 30.3 Å². The van der Waals surface area contributed by atoms with Crippen LogP contribution in [0.3, 0.4) is 0 Å². The number of nitrogens with one attached hydrogen (secondary N) is 1. The molecule has 1 fully saturated rings. The Hall–Kier alpha value is -2.82. The van der Waals surface area contributed by atoms with Crippen LogP contribution in [0, 0.1) is 0 Å². The van der Waals surface area contributed by atoms with Gasteiger partial charge in [0.2, 0.25) is 0 Å². The molecule has 2 aromatic carbocycles. The summed E-state index contributed by atoms with van der Waals surface area (Å²) in [6.07, 6.45) is 2.35. The van der Waals surface area contributed by atoms with Gasteiger partial charge in [0.05, 0.1) is 13.7 Å². The molecule has 1 heterocycles. The van der Waals surface area contributed by atoms with Crippen LogP contribution in [0.25, 0.3) is 0 Å². The Labute approximate surface area is 172 Å². The molecule has 0 aromatic heterocycles. The highest BCUT2D eigenvalue weighted by Crippen LogP contribution is 2.41. The van der Waals surface area contributed by atoms with Gasteiger partial charge in [-0.1, -0.05) is 51.1 Å². The monoisotopic (exact) mass is 392 g/mol. The van der Waals surface area contributed by atoms with E-state index in [2.05, 4.69) is 38.2 Å². The van der Waals surface area contributed by atoms with Crippen molar-refractivity contribution in [2.24, 2.45) is 0 Å². The van der Waals surface area contributed by atoms with Crippen molar-refractivity contribution in [2.75, 3.05) is 7.11 Å². The summed E-state index contributed by atoms with van der Waals surface area (Å²) in [5.41, 5.74) is 3.25. The maximum absolute atomic E-state index is 13.5. The number of fused-ring (bicyclic) bond motifs is 2. The van der Waals surface area contributed by atoms with Crippen LogP contribution in [-0.2, 0) is 28.7 Å². The van der Waals surface area contributed by atoms with Gasteiger partial charge in [-0.3, -0.25) is 9.69 Å². The zero-order valence-corrected chi connectivity index (χ0v) is 17.5. The molecule has 5 heteroatoms. The lowest BCUT2D eigenvalue weighted by Crippen LogP contribution is -2.46. The van der Waals surface area contributed by atoms with Crippen LogP contribution < -0.4 is 10.1 Å². The zero-order chi connectivity index (χ0) is 20.8. The highest BCUT2D eigenvalue weighted by Gasteiger charge is 2.53. The van der Waals surface area contributed by atoms with Crippen LogP contribution in [0.2, 0.25) is 0 Å². The van der Waals surface area contributed by atoms with Crippen LogP contribution in [0.1, 0.15) is 55.9 Å². The molecule has 1 saturated heterocycles. The van der Waals surface area contributed by atoms with Gasteiger partial charge in [-0.15, -0.1) is 0 Å². The van der Waals surface area contributed by atoms with Gasteiger partial charge in [-0.25, -0.2) is 4.79 Å². The Balaban J connectivity index is 1.62. The molecular weight excluding hydrogens is 364 g/mol. The fourth-order valence-corrected chi connectivity index (χ4v) is 4.41. The Morgan fingerprint density at radius 3 is 2.48 bits per heavy atom. The largest absolute Gasteiger partial charge is 0.497 e. The van der Waals surface area contributed by atoms with Crippen molar-refractivity contribution >= 4 is 11.9 Å². The topological polar surface area (TPSA) is 58.6 Å². The first kappa shape index (κ1) is 19.5. The van der Waals surface area contributed by atoms with Crippen LogP contribution in [0.4, 0.5) is 4.79 Å². The van der Waals surface area contributed by atoms with E-state index in [1.54, 1.807) is 7.11 Å². The summed E-state index contributed by atoms with van der Waals surface area (Å²) in [6.45, 7) is 6.78. The number of urea groups is 1. The number of imide groups is 1. The molecule has 2 aromatic rings. The molecule has 1 aliphatic carbocycles. The number of carbonyl (C=O) groups excluding carboxylic acids is 2. The molecular formula is C24H28N2O3. The normalized spacial score (nSPS) is 21.3. The number of aryl methyl sites for hydroxylation is 1. The Morgan fingerprint density at radius 2 is 1.83 bits per heavy atom. The summed E-state index contributed by atoms with van der Waals surface area (Å²) in [7, 11) is 1.63. The Bertz CT molecular complexity index is 959. The molecule has 2 aliphatic rings. The van der Waals surface area contributed by atoms with Gasteiger partial charge in [0.25, 0.3) is 5.91 Å². The van der Waals surface area contributed by atoms with Crippen molar-refractivity contribution in [3.63, 3.8) is 0 Å². The molecule has 0 unspecified atom stereocenters. The lowest BCUT2D eigenvalue weighted by Gasteiger charge is -2.33. The lowest BCUT2D eigenvalue weighted by molar-refractivity contribution is -0.132. The minimum Gasteiger partial charge on any atom is -0.497 e. The first-order valence-corrected chi connectivity index (χ1v) is 10.2. The van der Waals surface area contributed by atoms with Gasteiger partial charge in [0.1, 0.15) is 11.3 Å².